The highest BCUT2D eigenvalue weighted by molar-refractivity contribution is 7.88. The third-order valence-electron chi connectivity index (χ3n) is 4.60. The first-order valence-corrected chi connectivity index (χ1v) is 10.3. The van der Waals surface area contributed by atoms with Crippen LogP contribution in [0.3, 0.4) is 0 Å². The van der Waals surface area contributed by atoms with Crippen LogP contribution in [0.2, 0.25) is 0 Å². The van der Waals surface area contributed by atoms with E-state index in [9.17, 15) is 26.4 Å². The summed E-state index contributed by atoms with van der Waals surface area (Å²) in [6, 6.07) is 8.22. The summed E-state index contributed by atoms with van der Waals surface area (Å²) in [7, 11) is -3.68. The lowest BCUT2D eigenvalue weighted by Gasteiger charge is -2.31. The largest absolute Gasteiger partial charge is 0.326 e. The molecule has 28 heavy (non-hydrogen) atoms. The van der Waals surface area contributed by atoms with Crippen LogP contribution in [0.15, 0.2) is 42.5 Å². The topological polar surface area (TPSA) is 66.5 Å². The zero-order valence-electron chi connectivity index (χ0n) is 14.9. The number of amides is 1. The number of carbonyl (C=O) groups excluding carboxylic acids is 1. The van der Waals surface area contributed by atoms with Gasteiger partial charge in [-0.15, -0.1) is 0 Å². The van der Waals surface area contributed by atoms with Gasteiger partial charge in [0.2, 0.25) is 15.9 Å². The van der Waals surface area contributed by atoms with E-state index in [0.29, 0.717) is 24.9 Å². The first-order chi connectivity index (χ1) is 13.2. The minimum Gasteiger partial charge on any atom is -0.326 e. The predicted molar refractivity (Wildman–Crippen MR) is 98.3 cm³/mol. The first-order valence-electron chi connectivity index (χ1n) is 8.73. The fourth-order valence-electron chi connectivity index (χ4n) is 3.11. The van der Waals surface area contributed by atoms with Crippen molar-refractivity contribution in [2.75, 3.05) is 18.4 Å². The van der Waals surface area contributed by atoms with Gasteiger partial charge in [-0.2, -0.15) is 0 Å². The molecule has 1 aliphatic heterocycles. The summed E-state index contributed by atoms with van der Waals surface area (Å²) < 4.78 is 65.8. The molecule has 5 nitrogen and oxygen atoms in total. The van der Waals surface area contributed by atoms with Gasteiger partial charge in [0.1, 0.15) is 5.82 Å². The molecule has 0 radical (unpaired) electrons. The van der Waals surface area contributed by atoms with Gasteiger partial charge in [0, 0.05) is 24.8 Å². The quantitative estimate of drug-likeness (QED) is 0.820. The highest BCUT2D eigenvalue weighted by Crippen LogP contribution is 2.23. The fraction of sp³-hybridized carbons (Fsp3) is 0.316. The number of piperidine rings is 1. The van der Waals surface area contributed by atoms with Gasteiger partial charge in [0.05, 0.1) is 11.7 Å². The van der Waals surface area contributed by atoms with E-state index in [1.54, 1.807) is 0 Å². The third-order valence-corrected chi connectivity index (χ3v) is 6.41. The molecule has 0 aromatic heterocycles. The summed E-state index contributed by atoms with van der Waals surface area (Å²) in [6.45, 7) is 0.289. The molecule has 9 heteroatoms. The molecule has 1 atom stereocenters. The number of hydrogen-bond acceptors (Lipinski definition) is 3. The third kappa shape index (κ3) is 4.90. The van der Waals surface area contributed by atoms with Gasteiger partial charge in [-0.3, -0.25) is 4.79 Å². The van der Waals surface area contributed by atoms with Crippen molar-refractivity contribution in [1.82, 2.24) is 4.31 Å². The summed E-state index contributed by atoms with van der Waals surface area (Å²) in [5.74, 6) is -3.89. The summed E-state index contributed by atoms with van der Waals surface area (Å²) in [5.41, 5.74) is 0.560. The Morgan fingerprint density at radius 1 is 1.07 bits per heavy atom. The molecule has 3 rings (SSSR count). The highest BCUT2D eigenvalue weighted by atomic mass is 32.2. The fourth-order valence-corrected chi connectivity index (χ4v) is 4.72. The molecule has 0 unspecified atom stereocenters. The van der Waals surface area contributed by atoms with Gasteiger partial charge in [-0.05, 0) is 42.7 Å². The van der Waals surface area contributed by atoms with Crippen LogP contribution in [-0.4, -0.2) is 31.7 Å². The lowest BCUT2D eigenvalue weighted by Crippen LogP contribution is -2.44. The van der Waals surface area contributed by atoms with Crippen molar-refractivity contribution in [2.24, 2.45) is 5.92 Å². The van der Waals surface area contributed by atoms with Crippen LogP contribution in [0.4, 0.5) is 18.9 Å². The number of benzene rings is 2. The van der Waals surface area contributed by atoms with Crippen LogP contribution in [0.1, 0.15) is 18.4 Å². The molecule has 0 spiro atoms. The first kappa shape index (κ1) is 20.3. The van der Waals surface area contributed by atoms with Gasteiger partial charge in [0.15, 0.2) is 11.6 Å². The van der Waals surface area contributed by atoms with Crippen molar-refractivity contribution in [3.8, 4) is 0 Å². The number of anilines is 1. The van der Waals surface area contributed by atoms with E-state index in [1.807, 2.05) is 0 Å². The van der Waals surface area contributed by atoms with Gasteiger partial charge >= 0.3 is 0 Å². The second-order valence-corrected chi connectivity index (χ2v) is 8.67. The Bertz CT molecular complexity index is 965. The number of rotatable bonds is 5. The van der Waals surface area contributed by atoms with Crippen molar-refractivity contribution >= 4 is 21.6 Å². The Hall–Kier alpha value is -2.39. The zero-order chi connectivity index (χ0) is 20.3. The Balaban J connectivity index is 1.66. The molecule has 0 bridgehead atoms. The predicted octanol–water partition coefficient (Wildman–Crippen LogP) is 3.28. The normalized spacial score (nSPS) is 18.0. The van der Waals surface area contributed by atoms with Gasteiger partial charge in [-0.25, -0.2) is 25.9 Å². The second-order valence-electron chi connectivity index (χ2n) is 6.70. The van der Waals surface area contributed by atoms with E-state index in [1.165, 1.54) is 34.6 Å². The Morgan fingerprint density at radius 2 is 1.79 bits per heavy atom. The van der Waals surface area contributed by atoms with Crippen LogP contribution in [0, 0.1) is 23.4 Å². The van der Waals surface area contributed by atoms with Crippen molar-refractivity contribution < 1.29 is 26.4 Å². The van der Waals surface area contributed by atoms with E-state index in [0.717, 1.165) is 12.1 Å². The van der Waals surface area contributed by atoms with Crippen LogP contribution in [0.5, 0.6) is 0 Å². The number of hydrogen-bond donors (Lipinski definition) is 1. The monoisotopic (exact) mass is 412 g/mol. The summed E-state index contributed by atoms with van der Waals surface area (Å²) in [5, 5.41) is 2.50. The lowest BCUT2D eigenvalue weighted by molar-refractivity contribution is -0.120. The van der Waals surface area contributed by atoms with E-state index >= 15 is 0 Å². The molecular weight excluding hydrogens is 393 g/mol. The molecule has 0 aliphatic carbocycles. The van der Waals surface area contributed by atoms with E-state index in [4.69, 9.17) is 0 Å². The molecule has 2 aromatic rings. The maximum absolute atomic E-state index is 13.3. The molecule has 1 amide bonds. The van der Waals surface area contributed by atoms with Crippen LogP contribution >= 0.6 is 0 Å². The maximum atomic E-state index is 13.3. The van der Waals surface area contributed by atoms with Crippen molar-refractivity contribution in [3.05, 3.63) is 65.5 Å². The standard InChI is InChI=1S/C19H19F3N2O3S/c20-15-5-3-13(4-6-15)12-28(26,27)24-9-1-2-14(11-24)19(25)23-16-7-8-17(21)18(22)10-16/h3-8,10,14H,1-2,9,11-12H2,(H,23,25)/t14-/m0/s1. The van der Waals surface area contributed by atoms with Crippen LogP contribution < -0.4 is 5.32 Å². The molecule has 1 fully saturated rings. The minimum atomic E-state index is -3.68. The van der Waals surface area contributed by atoms with Crippen molar-refractivity contribution in [3.63, 3.8) is 0 Å². The van der Waals surface area contributed by atoms with Crippen LogP contribution in [0.25, 0.3) is 0 Å². The van der Waals surface area contributed by atoms with Gasteiger partial charge in [0.25, 0.3) is 0 Å². The Labute approximate surface area is 161 Å². The average Bonchev–Trinajstić information content (AvgIpc) is 2.66. The molecule has 1 N–H and O–H groups in total. The zero-order valence-corrected chi connectivity index (χ0v) is 15.7. The minimum absolute atomic E-state index is 0.000954. The molecule has 1 aliphatic rings. The molecule has 1 saturated heterocycles. The Kier molecular flexibility index (Phi) is 6.04. The summed E-state index contributed by atoms with van der Waals surface area (Å²) in [6.07, 6.45) is 0.983. The smallest absolute Gasteiger partial charge is 0.228 e. The number of nitrogens with zero attached hydrogens (tertiary/aromatic N) is 1. The summed E-state index contributed by atoms with van der Waals surface area (Å²) in [4.78, 5) is 12.4. The van der Waals surface area contributed by atoms with Crippen LogP contribution in [-0.2, 0) is 20.6 Å². The number of carbonyl (C=O) groups is 1. The summed E-state index contributed by atoms with van der Waals surface area (Å²) >= 11 is 0. The maximum Gasteiger partial charge on any atom is 0.228 e. The number of sulfonamides is 1. The van der Waals surface area contributed by atoms with Crippen molar-refractivity contribution in [1.29, 1.82) is 0 Å². The molecule has 2 aromatic carbocycles. The Morgan fingerprint density at radius 3 is 2.46 bits per heavy atom. The molecular formula is C19H19F3N2O3S. The van der Waals surface area contributed by atoms with Gasteiger partial charge < -0.3 is 5.32 Å². The van der Waals surface area contributed by atoms with E-state index in [2.05, 4.69) is 5.32 Å². The SMILES string of the molecule is O=C(Nc1ccc(F)c(F)c1)[C@H]1CCCN(S(=O)(=O)Cc2ccc(F)cc2)C1. The van der Waals surface area contributed by atoms with E-state index < -0.39 is 39.3 Å². The number of halogens is 3. The lowest BCUT2D eigenvalue weighted by atomic mass is 9.98. The second kappa shape index (κ2) is 8.32. The van der Waals surface area contributed by atoms with E-state index in [-0.39, 0.29) is 18.0 Å². The molecule has 150 valence electrons. The molecule has 1 heterocycles. The average molecular weight is 412 g/mol. The van der Waals surface area contributed by atoms with Crippen molar-refractivity contribution in [2.45, 2.75) is 18.6 Å². The number of nitrogens with one attached hydrogen (secondary N) is 1. The highest BCUT2D eigenvalue weighted by Gasteiger charge is 2.32. The van der Waals surface area contributed by atoms with Gasteiger partial charge in [-0.1, -0.05) is 12.1 Å². The molecule has 0 saturated carbocycles.